The smallest absolute Gasteiger partial charge is 0.340 e. The van der Waals surface area contributed by atoms with Gasteiger partial charge in [0, 0.05) is 16.7 Å². The molecule has 1 fully saturated rings. The van der Waals surface area contributed by atoms with E-state index < -0.39 is 204 Å². The molecule has 354 valence electrons. The number of hydrogen-bond donors (Lipinski definition) is 14. The van der Waals surface area contributed by atoms with Crippen molar-refractivity contribution in [2.45, 2.75) is 48.2 Å². The van der Waals surface area contributed by atoms with Crippen LogP contribution in [0.4, 0.5) is 0 Å². The zero-order valence-corrected chi connectivity index (χ0v) is 33.2. The SMILES string of the molecule is O=C1O[C@@H]2C3COC(=O)c4cc(O)c(O)c(O)c4-c4c(cc(O)c(O)c4O)C(=O)OC2[C@H](OC(=O)c2cc(O)c(O)c4c2[C@@H]2C1=CC(=O)[C@](O)(O4)C2(O)O)[C@H](OC(=O)c1cc(O)c(O)c(O)c1)O3. The topological polar surface area (TPSA) is 450 Å². The van der Waals surface area contributed by atoms with Crippen LogP contribution < -0.4 is 4.74 Å². The Kier molecular flexibility index (Phi) is 9.64. The van der Waals surface area contributed by atoms with Gasteiger partial charge in [0.2, 0.25) is 35.4 Å². The first-order valence-electron chi connectivity index (χ1n) is 19.1. The third-order valence-corrected chi connectivity index (χ3v) is 11.5. The van der Waals surface area contributed by atoms with E-state index in [1.165, 1.54) is 0 Å². The van der Waals surface area contributed by atoms with Gasteiger partial charge in [-0.25, -0.2) is 24.0 Å². The molecule has 4 aromatic carbocycles. The second-order valence-corrected chi connectivity index (χ2v) is 15.5. The fraction of sp³-hybridized carbons (Fsp3) is 0.220. The normalized spacial score (nSPS) is 25.7. The minimum Gasteiger partial charge on any atom is -0.504 e. The summed E-state index contributed by atoms with van der Waals surface area (Å²) in [7, 11) is 0. The molecule has 4 aromatic rings. The molecule has 0 spiro atoms. The van der Waals surface area contributed by atoms with Crippen molar-refractivity contribution < 1.29 is 133 Å². The fourth-order valence-corrected chi connectivity index (χ4v) is 8.25. The first kappa shape index (κ1) is 44.3. The third-order valence-electron chi connectivity index (χ3n) is 11.5. The van der Waals surface area contributed by atoms with Crippen molar-refractivity contribution in [3.63, 3.8) is 0 Å². The summed E-state index contributed by atoms with van der Waals surface area (Å²) in [6.45, 7) is -1.31. The van der Waals surface area contributed by atoms with E-state index in [2.05, 4.69) is 0 Å². The number of rotatable bonds is 2. The molecular weight excluding hydrogens is 924 g/mol. The summed E-state index contributed by atoms with van der Waals surface area (Å²) in [4.78, 5) is 84.8. The van der Waals surface area contributed by atoms with Gasteiger partial charge >= 0.3 is 35.6 Å². The maximum absolute atomic E-state index is 14.6. The summed E-state index contributed by atoms with van der Waals surface area (Å²) in [6.07, 6.45) is -12.1. The van der Waals surface area contributed by atoms with Crippen LogP contribution in [-0.4, -0.2) is 156 Å². The molecule has 0 radical (unpaired) electrons. The number of phenols is 11. The second kappa shape index (κ2) is 14.8. The average Bonchev–Trinajstić information content (AvgIpc) is 3.28. The van der Waals surface area contributed by atoms with Crippen molar-refractivity contribution in [2.24, 2.45) is 0 Å². The lowest BCUT2D eigenvalue weighted by atomic mass is 9.70. The molecule has 1 saturated heterocycles. The number of aromatic hydroxyl groups is 11. The van der Waals surface area contributed by atoms with Crippen LogP contribution in [-0.2, 0) is 38.0 Å². The van der Waals surface area contributed by atoms with Crippen molar-refractivity contribution in [1.29, 1.82) is 0 Å². The van der Waals surface area contributed by atoms with Gasteiger partial charge in [0.25, 0.3) is 5.79 Å². The summed E-state index contributed by atoms with van der Waals surface area (Å²) < 4.78 is 38.9. The predicted molar refractivity (Wildman–Crippen MR) is 204 cm³/mol. The van der Waals surface area contributed by atoms with E-state index in [4.69, 9.17) is 33.2 Å². The highest BCUT2D eigenvalue weighted by atomic mass is 16.8. The third kappa shape index (κ3) is 6.21. The predicted octanol–water partition coefficient (Wildman–Crippen LogP) is -1.10. The van der Waals surface area contributed by atoms with Crippen LogP contribution in [0.15, 0.2) is 42.0 Å². The minimum atomic E-state index is -3.98. The quantitative estimate of drug-likeness (QED) is 0.0491. The number of ether oxygens (including phenoxy) is 7. The highest BCUT2D eigenvalue weighted by Crippen LogP contribution is 2.59. The lowest BCUT2D eigenvalue weighted by molar-refractivity contribution is -0.339. The molecule has 14 N–H and O–H groups in total. The van der Waals surface area contributed by atoms with Crippen molar-refractivity contribution in [3.05, 3.63) is 69.8 Å². The molecule has 7 atom stereocenters. The maximum Gasteiger partial charge on any atom is 0.340 e. The molecule has 0 aromatic heterocycles. The Bertz CT molecular complexity index is 3020. The van der Waals surface area contributed by atoms with Gasteiger partial charge in [-0.1, -0.05) is 0 Å². The highest BCUT2D eigenvalue weighted by Gasteiger charge is 2.70. The van der Waals surface area contributed by atoms with Crippen LogP contribution >= 0.6 is 0 Å². The Morgan fingerprint density at radius 1 is 0.574 bits per heavy atom. The Hall–Kier alpha value is -8.92. The van der Waals surface area contributed by atoms with Crippen LogP contribution in [0, 0.1) is 0 Å². The number of benzene rings is 4. The highest BCUT2D eigenvalue weighted by molar-refractivity contribution is 6.10. The number of esters is 5. The number of carbonyl (C=O) groups is 6. The zero-order chi connectivity index (χ0) is 49.4. The van der Waals surface area contributed by atoms with Gasteiger partial charge in [-0.15, -0.1) is 0 Å². The first-order valence-corrected chi connectivity index (χ1v) is 19.1. The van der Waals surface area contributed by atoms with Gasteiger partial charge in [-0.3, -0.25) is 4.79 Å². The van der Waals surface area contributed by atoms with Gasteiger partial charge in [0.05, 0.1) is 33.7 Å². The number of hydrogen-bond acceptors (Lipinski definition) is 27. The molecule has 4 heterocycles. The van der Waals surface area contributed by atoms with Crippen molar-refractivity contribution in [1.82, 2.24) is 0 Å². The molecule has 27 nitrogen and oxygen atoms in total. The van der Waals surface area contributed by atoms with E-state index in [-0.39, 0.29) is 6.08 Å². The van der Waals surface area contributed by atoms with Crippen LogP contribution in [0.2, 0.25) is 0 Å². The second-order valence-electron chi connectivity index (χ2n) is 15.5. The molecule has 6 bridgehead atoms. The van der Waals surface area contributed by atoms with Crippen LogP contribution in [0.1, 0.15) is 52.9 Å². The number of ketones is 1. The van der Waals surface area contributed by atoms with Crippen molar-refractivity contribution in [3.8, 4) is 80.1 Å². The summed E-state index contributed by atoms with van der Waals surface area (Å²) in [5.74, 6) is -36.5. The molecule has 68 heavy (non-hydrogen) atoms. The van der Waals surface area contributed by atoms with Crippen LogP contribution in [0.3, 0.4) is 0 Å². The lowest BCUT2D eigenvalue weighted by Gasteiger charge is -2.49. The average molecular weight is 953 g/mol. The zero-order valence-electron chi connectivity index (χ0n) is 33.2. The summed E-state index contributed by atoms with van der Waals surface area (Å²) in [6, 6.07) is 2.32. The Morgan fingerprint density at radius 3 is 1.68 bits per heavy atom. The van der Waals surface area contributed by atoms with E-state index in [1.807, 2.05) is 0 Å². The summed E-state index contributed by atoms with van der Waals surface area (Å²) in [5.41, 5.74) is -8.48. The standard InChI is InChI=1S/C41H28O27/c42-13-1-8(2-14(43)24(13)48)34(54)67-39-33-32-30(64-38(58)12-6-19(47)41(61)40(59,60)23(12)22-11(37(57)66-33)5-17(46)27(51)31(22)68-41)18(63-39)7-62-35(55)9-3-15(44)25(49)28(52)20(9)21-10(36(56)65-32)4-16(45)26(50)29(21)53/h1-6,18,23,30,32-33,39,42-46,48-53,59-61H,7H2/t18?,23-,30+,32?,33-,39-,41-/m0/s1. The van der Waals surface area contributed by atoms with Crippen molar-refractivity contribution >= 4 is 35.6 Å². The molecular formula is C41H28O27. The minimum absolute atomic E-state index is 0.264. The van der Waals surface area contributed by atoms with Crippen LogP contribution in [0.25, 0.3) is 11.1 Å². The van der Waals surface area contributed by atoms with Gasteiger partial charge in [-0.05, 0) is 36.4 Å². The molecule has 5 aliphatic rings. The van der Waals surface area contributed by atoms with E-state index in [0.717, 1.165) is 0 Å². The van der Waals surface area contributed by atoms with E-state index in [0.29, 0.717) is 30.3 Å². The van der Waals surface area contributed by atoms with E-state index in [1.54, 1.807) is 0 Å². The number of aliphatic hydroxyl groups is 3. The molecule has 27 heteroatoms. The molecule has 1 aliphatic carbocycles. The van der Waals surface area contributed by atoms with E-state index >= 15 is 0 Å². The summed E-state index contributed by atoms with van der Waals surface area (Å²) >= 11 is 0. The van der Waals surface area contributed by atoms with E-state index in [9.17, 15) is 100 Å². The molecule has 9 rings (SSSR count). The molecule has 0 saturated carbocycles. The summed E-state index contributed by atoms with van der Waals surface area (Å²) in [5, 5.41) is 150. The Labute approximate surface area is 373 Å². The maximum atomic E-state index is 14.6. The van der Waals surface area contributed by atoms with Crippen LogP contribution in [0.5, 0.6) is 69.0 Å². The molecule has 4 aliphatic heterocycles. The Morgan fingerprint density at radius 2 is 1.07 bits per heavy atom. The lowest BCUT2D eigenvalue weighted by Crippen LogP contribution is -2.70. The number of cyclic esters (lactones) is 1. The number of carbonyl (C=O) groups excluding carboxylic acids is 6. The fourth-order valence-electron chi connectivity index (χ4n) is 8.25. The monoisotopic (exact) mass is 952 g/mol. The molecule has 2 unspecified atom stereocenters. The number of phenolic OH excluding ortho intramolecular Hbond substituents is 11. The largest absolute Gasteiger partial charge is 0.504 e. The van der Waals surface area contributed by atoms with Crippen molar-refractivity contribution in [2.75, 3.05) is 6.61 Å². The van der Waals surface area contributed by atoms with Gasteiger partial charge < -0.3 is 105 Å². The molecule has 0 amide bonds. The first-order chi connectivity index (χ1) is 31.9. The van der Waals surface area contributed by atoms with Gasteiger partial charge in [-0.2, -0.15) is 0 Å². The Balaban J connectivity index is 1.30. The van der Waals surface area contributed by atoms with Gasteiger partial charge in [0.15, 0.2) is 64.0 Å². The van der Waals surface area contributed by atoms with Gasteiger partial charge in [0.1, 0.15) is 12.7 Å². The number of fused-ring (bicyclic) bond motifs is 4.